The fourth-order valence-electron chi connectivity index (χ4n) is 2.68. The van der Waals surface area contributed by atoms with Crippen molar-refractivity contribution in [3.63, 3.8) is 0 Å². The zero-order valence-electron chi connectivity index (χ0n) is 17.1. The third-order valence-corrected chi connectivity index (χ3v) is 4.35. The summed E-state index contributed by atoms with van der Waals surface area (Å²) in [5.41, 5.74) is 2.39. The van der Waals surface area contributed by atoms with E-state index in [0.717, 1.165) is 17.0 Å². The van der Waals surface area contributed by atoms with Crippen molar-refractivity contribution in [1.82, 2.24) is 5.32 Å². The van der Waals surface area contributed by atoms with Gasteiger partial charge in [-0.25, -0.2) is 0 Å². The lowest BCUT2D eigenvalue weighted by molar-refractivity contribution is -0.137. The van der Waals surface area contributed by atoms with E-state index in [-0.39, 0.29) is 31.1 Å². The number of carbonyl (C=O) groups is 4. The number of nitrogens with zero attached hydrogens (tertiary/aromatic N) is 1. The van der Waals surface area contributed by atoms with E-state index >= 15 is 0 Å². The summed E-state index contributed by atoms with van der Waals surface area (Å²) in [5.74, 6) is -3.56. The lowest BCUT2D eigenvalue weighted by atomic mass is 9.95. The maximum Gasteiger partial charge on any atom is 0.418 e. The van der Waals surface area contributed by atoms with Crippen LogP contribution in [0.3, 0.4) is 0 Å². The van der Waals surface area contributed by atoms with Crippen LogP contribution in [0.25, 0.3) is 0 Å². The molecule has 1 heterocycles. The Morgan fingerprint density at radius 2 is 1.84 bits per heavy atom. The van der Waals surface area contributed by atoms with Crippen LogP contribution in [0.2, 0.25) is 0 Å². The summed E-state index contributed by atoms with van der Waals surface area (Å²) in [6, 6.07) is 1.03. The number of halogens is 3. The van der Waals surface area contributed by atoms with Crippen molar-refractivity contribution in [2.45, 2.75) is 33.0 Å². The summed E-state index contributed by atoms with van der Waals surface area (Å²) in [7, 11) is 0. The molecule has 1 aliphatic heterocycles. The Morgan fingerprint density at radius 1 is 1.19 bits per heavy atom. The molecule has 2 rings (SSSR count). The molecule has 0 spiro atoms. The van der Waals surface area contributed by atoms with Gasteiger partial charge in [0.25, 0.3) is 11.8 Å². The lowest BCUT2D eigenvalue weighted by Gasteiger charge is -2.29. The molecular formula is C19H23F3N4O5. The Hall–Kier alpha value is -3.15. The van der Waals surface area contributed by atoms with Gasteiger partial charge in [0.2, 0.25) is 11.8 Å². The number of anilines is 2. The van der Waals surface area contributed by atoms with E-state index in [2.05, 4.69) is 10.6 Å². The molecule has 0 radical (unpaired) electrons. The van der Waals surface area contributed by atoms with Crippen LogP contribution >= 0.6 is 0 Å². The summed E-state index contributed by atoms with van der Waals surface area (Å²) >= 11 is 0. The molecule has 1 aliphatic rings. The van der Waals surface area contributed by atoms with Crippen LogP contribution in [-0.4, -0.2) is 49.4 Å². The van der Waals surface area contributed by atoms with Gasteiger partial charge < -0.3 is 26.0 Å². The van der Waals surface area contributed by atoms with E-state index < -0.39 is 46.8 Å². The van der Waals surface area contributed by atoms with Gasteiger partial charge in [-0.2, -0.15) is 13.2 Å². The van der Waals surface area contributed by atoms with Crippen LogP contribution in [-0.2, 0) is 30.1 Å². The Balaban J connectivity index is 2.31. The van der Waals surface area contributed by atoms with Crippen molar-refractivity contribution in [2.24, 2.45) is 11.1 Å². The second-order valence-electron chi connectivity index (χ2n) is 7.88. The minimum atomic E-state index is -4.84. The van der Waals surface area contributed by atoms with Gasteiger partial charge in [0.1, 0.15) is 6.61 Å². The van der Waals surface area contributed by atoms with Crippen molar-refractivity contribution < 1.29 is 37.1 Å². The SMILES string of the molecule is CC(C)(C)C(=O)N[C@H](C(N)=O)C(=O)Nc1ccc(N2CCOCC2=O)c(C(F)(F)F)c1. The highest BCUT2D eigenvalue weighted by atomic mass is 19.4. The molecule has 31 heavy (non-hydrogen) atoms. The molecule has 0 aliphatic carbocycles. The van der Waals surface area contributed by atoms with Gasteiger partial charge >= 0.3 is 6.18 Å². The van der Waals surface area contributed by atoms with Gasteiger partial charge in [-0.15, -0.1) is 0 Å². The molecule has 1 aromatic rings. The first kappa shape index (κ1) is 24.1. The summed E-state index contributed by atoms with van der Waals surface area (Å²) in [4.78, 5) is 49.0. The van der Waals surface area contributed by atoms with Gasteiger partial charge in [-0.05, 0) is 18.2 Å². The fourth-order valence-corrected chi connectivity index (χ4v) is 2.68. The molecule has 12 heteroatoms. The second-order valence-corrected chi connectivity index (χ2v) is 7.88. The Kier molecular flexibility index (Phi) is 6.94. The number of alkyl halides is 3. The predicted octanol–water partition coefficient (Wildman–Crippen LogP) is 1.02. The molecule has 4 amide bonds. The smallest absolute Gasteiger partial charge is 0.370 e. The number of hydrogen-bond donors (Lipinski definition) is 3. The number of carbonyl (C=O) groups excluding carboxylic acids is 4. The van der Waals surface area contributed by atoms with Crippen LogP contribution in [0.15, 0.2) is 18.2 Å². The maximum absolute atomic E-state index is 13.6. The number of morpholine rings is 1. The highest BCUT2D eigenvalue weighted by molar-refractivity contribution is 6.11. The molecule has 0 saturated carbocycles. The van der Waals surface area contributed by atoms with Crippen LogP contribution in [0.4, 0.5) is 24.5 Å². The average Bonchev–Trinajstić information content (AvgIpc) is 2.64. The minimum absolute atomic E-state index is 0.0593. The van der Waals surface area contributed by atoms with Gasteiger partial charge in [0.15, 0.2) is 6.04 Å². The molecule has 9 nitrogen and oxygen atoms in total. The van der Waals surface area contributed by atoms with Crippen molar-refractivity contribution in [2.75, 3.05) is 30.0 Å². The highest BCUT2D eigenvalue weighted by Crippen LogP contribution is 2.38. The quantitative estimate of drug-likeness (QED) is 0.584. The molecule has 1 atom stereocenters. The Bertz CT molecular complexity index is 896. The van der Waals surface area contributed by atoms with Crippen LogP contribution in [0.5, 0.6) is 0 Å². The van der Waals surface area contributed by atoms with E-state index in [1.807, 2.05) is 0 Å². The Morgan fingerprint density at radius 3 is 2.35 bits per heavy atom. The molecule has 0 unspecified atom stereocenters. The number of nitrogens with one attached hydrogen (secondary N) is 2. The molecule has 0 aromatic heterocycles. The van der Waals surface area contributed by atoms with Gasteiger partial charge in [-0.3, -0.25) is 19.2 Å². The van der Waals surface area contributed by atoms with Crippen molar-refractivity contribution in [1.29, 1.82) is 0 Å². The standard InChI is InChI=1S/C19H23F3N4O5/c1-18(2,3)17(30)25-14(15(23)28)16(29)24-10-4-5-12(11(8-10)19(20,21)22)26-6-7-31-9-13(26)27/h4-5,8,14H,6-7,9H2,1-3H3,(H2,23,28)(H,24,29)(H,25,30)/t14-/m1/s1. The zero-order chi connectivity index (χ0) is 23.6. The lowest BCUT2D eigenvalue weighted by Crippen LogP contribution is -2.54. The van der Waals surface area contributed by atoms with Crippen LogP contribution in [0, 0.1) is 5.41 Å². The van der Waals surface area contributed by atoms with E-state index in [1.54, 1.807) is 20.8 Å². The molecule has 0 bridgehead atoms. The third kappa shape index (κ3) is 5.94. The van der Waals surface area contributed by atoms with Crippen LogP contribution in [0.1, 0.15) is 26.3 Å². The first-order chi connectivity index (χ1) is 14.2. The average molecular weight is 444 g/mol. The highest BCUT2D eigenvalue weighted by Gasteiger charge is 2.38. The predicted molar refractivity (Wildman–Crippen MR) is 104 cm³/mol. The minimum Gasteiger partial charge on any atom is -0.370 e. The first-order valence-corrected chi connectivity index (χ1v) is 9.22. The number of amides is 4. The van der Waals surface area contributed by atoms with Gasteiger partial charge in [0.05, 0.1) is 17.9 Å². The van der Waals surface area contributed by atoms with E-state index in [9.17, 15) is 32.3 Å². The maximum atomic E-state index is 13.6. The summed E-state index contributed by atoms with van der Waals surface area (Å²) in [5, 5.41) is 4.33. The first-order valence-electron chi connectivity index (χ1n) is 9.22. The third-order valence-electron chi connectivity index (χ3n) is 4.35. The number of ether oxygens (including phenoxy) is 1. The normalized spacial score (nSPS) is 15.9. The van der Waals surface area contributed by atoms with Gasteiger partial charge in [0, 0.05) is 17.6 Å². The molecule has 4 N–H and O–H groups in total. The molecule has 170 valence electrons. The number of primary amides is 1. The molecule has 1 saturated heterocycles. The fraction of sp³-hybridized carbons (Fsp3) is 0.474. The van der Waals surface area contributed by atoms with Crippen molar-refractivity contribution in [3.05, 3.63) is 23.8 Å². The second kappa shape index (κ2) is 8.92. The Labute approximate surface area is 176 Å². The number of nitrogens with two attached hydrogens (primary N) is 1. The van der Waals surface area contributed by atoms with Crippen molar-refractivity contribution >= 4 is 35.0 Å². The molecule has 1 fully saturated rings. The van der Waals surface area contributed by atoms with Crippen molar-refractivity contribution in [3.8, 4) is 0 Å². The van der Waals surface area contributed by atoms with Crippen LogP contribution < -0.4 is 21.3 Å². The molecular weight excluding hydrogens is 421 g/mol. The van der Waals surface area contributed by atoms with E-state index in [1.165, 1.54) is 0 Å². The van der Waals surface area contributed by atoms with Gasteiger partial charge in [-0.1, -0.05) is 20.8 Å². The zero-order valence-corrected chi connectivity index (χ0v) is 17.1. The number of benzene rings is 1. The van der Waals surface area contributed by atoms with E-state index in [0.29, 0.717) is 6.07 Å². The topological polar surface area (TPSA) is 131 Å². The summed E-state index contributed by atoms with van der Waals surface area (Å²) in [6.45, 7) is 4.30. The summed E-state index contributed by atoms with van der Waals surface area (Å²) in [6.07, 6.45) is -4.84. The summed E-state index contributed by atoms with van der Waals surface area (Å²) < 4.78 is 45.8. The number of hydrogen-bond acceptors (Lipinski definition) is 5. The largest absolute Gasteiger partial charge is 0.418 e. The van der Waals surface area contributed by atoms with E-state index in [4.69, 9.17) is 10.5 Å². The monoisotopic (exact) mass is 444 g/mol. The molecule has 1 aromatic carbocycles. The number of rotatable bonds is 5.